The second kappa shape index (κ2) is 9.84. The number of allylic oxidation sites excluding steroid dienone is 3. The van der Waals surface area contributed by atoms with Crippen molar-refractivity contribution in [1.29, 1.82) is 0 Å². The van der Waals surface area contributed by atoms with Crippen molar-refractivity contribution < 1.29 is 0 Å². The molecule has 0 heterocycles. The molecule has 24 heavy (non-hydrogen) atoms. The summed E-state index contributed by atoms with van der Waals surface area (Å²) in [6, 6.07) is 9.66. The zero-order chi connectivity index (χ0) is 17.4. The van der Waals surface area contributed by atoms with Crippen LogP contribution in [0.3, 0.4) is 0 Å². The van der Waals surface area contributed by atoms with E-state index in [0.29, 0.717) is 6.04 Å². The van der Waals surface area contributed by atoms with Crippen LogP contribution in [0.4, 0.5) is 0 Å². The third-order valence-corrected chi connectivity index (χ3v) is 5.59. The highest BCUT2D eigenvalue weighted by atomic mass is 14.9. The average Bonchev–Trinajstić information content (AvgIpc) is 3.13. The van der Waals surface area contributed by atoms with Crippen molar-refractivity contribution in [2.45, 2.75) is 71.8 Å². The molecule has 0 saturated heterocycles. The first-order valence-corrected chi connectivity index (χ1v) is 9.79. The van der Waals surface area contributed by atoms with E-state index >= 15 is 0 Å². The van der Waals surface area contributed by atoms with Crippen LogP contribution in [0.5, 0.6) is 0 Å². The zero-order valence-corrected chi connectivity index (χ0v) is 15.9. The highest BCUT2D eigenvalue weighted by molar-refractivity contribution is 5.68. The van der Waals surface area contributed by atoms with E-state index in [-0.39, 0.29) is 0 Å². The molecule has 0 spiro atoms. The summed E-state index contributed by atoms with van der Waals surface area (Å²) in [4.78, 5) is 0. The molecule has 1 atom stereocenters. The molecule has 0 radical (unpaired) electrons. The Morgan fingerprint density at radius 1 is 1.25 bits per heavy atom. The molecule has 0 aromatic heterocycles. The SMILES string of the molecule is C=CCC/C(=C(/C)CC)c1ccc(C(C)NCC2CCCC2)cc1. The van der Waals surface area contributed by atoms with Gasteiger partial charge < -0.3 is 5.32 Å². The van der Waals surface area contributed by atoms with E-state index in [1.54, 1.807) is 0 Å². The Balaban J connectivity index is 2.00. The number of nitrogens with one attached hydrogen (secondary N) is 1. The Labute approximate surface area is 149 Å². The highest BCUT2D eigenvalue weighted by Crippen LogP contribution is 2.28. The molecule has 1 saturated carbocycles. The Hall–Kier alpha value is -1.34. The molecule has 0 bridgehead atoms. The lowest BCUT2D eigenvalue weighted by atomic mass is 9.93. The highest BCUT2D eigenvalue weighted by Gasteiger charge is 2.16. The molecule has 1 aromatic carbocycles. The summed E-state index contributed by atoms with van der Waals surface area (Å²) in [5.41, 5.74) is 5.77. The van der Waals surface area contributed by atoms with Gasteiger partial charge in [0.15, 0.2) is 0 Å². The molecule has 132 valence electrons. The third kappa shape index (κ3) is 5.34. The van der Waals surface area contributed by atoms with Gasteiger partial charge in [-0.3, -0.25) is 0 Å². The van der Waals surface area contributed by atoms with E-state index in [2.05, 4.69) is 56.9 Å². The van der Waals surface area contributed by atoms with Gasteiger partial charge in [-0.05, 0) is 75.1 Å². The average molecular weight is 326 g/mol. The maximum Gasteiger partial charge on any atom is 0.0291 e. The fourth-order valence-corrected chi connectivity index (χ4v) is 3.71. The van der Waals surface area contributed by atoms with Crippen molar-refractivity contribution in [2.75, 3.05) is 6.54 Å². The van der Waals surface area contributed by atoms with Gasteiger partial charge in [-0.1, -0.05) is 55.7 Å². The maximum absolute atomic E-state index is 3.87. The van der Waals surface area contributed by atoms with Crippen LogP contribution >= 0.6 is 0 Å². The van der Waals surface area contributed by atoms with Crippen LogP contribution in [0.15, 0.2) is 42.5 Å². The normalized spacial score (nSPS) is 17.6. The first kappa shape index (κ1) is 19.0. The van der Waals surface area contributed by atoms with Crippen LogP contribution in [0.1, 0.15) is 82.9 Å². The van der Waals surface area contributed by atoms with Crippen molar-refractivity contribution >= 4 is 5.57 Å². The molecule has 1 fully saturated rings. The van der Waals surface area contributed by atoms with Crippen LogP contribution < -0.4 is 5.32 Å². The summed E-state index contributed by atoms with van der Waals surface area (Å²) < 4.78 is 0. The summed E-state index contributed by atoms with van der Waals surface area (Å²) in [6.45, 7) is 11.8. The second-order valence-corrected chi connectivity index (χ2v) is 7.34. The quantitative estimate of drug-likeness (QED) is 0.499. The van der Waals surface area contributed by atoms with E-state index in [1.165, 1.54) is 54.5 Å². The summed E-state index contributed by atoms with van der Waals surface area (Å²) in [5.74, 6) is 0.896. The molecule has 1 unspecified atom stereocenters. The van der Waals surface area contributed by atoms with Crippen LogP contribution in [-0.4, -0.2) is 6.54 Å². The van der Waals surface area contributed by atoms with E-state index < -0.39 is 0 Å². The first-order chi connectivity index (χ1) is 11.7. The molecule has 1 heteroatoms. The molecule has 1 aromatic rings. The van der Waals surface area contributed by atoms with Gasteiger partial charge in [0, 0.05) is 6.04 Å². The van der Waals surface area contributed by atoms with Gasteiger partial charge in [0.1, 0.15) is 0 Å². The predicted molar refractivity (Wildman–Crippen MR) is 107 cm³/mol. The molecular formula is C23H35N. The minimum Gasteiger partial charge on any atom is -0.310 e. The fourth-order valence-electron chi connectivity index (χ4n) is 3.71. The minimum absolute atomic E-state index is 0.438. The lowest BCUT2D eigenvalue weighted by molar-refractivity contribution is 0.452. The van der Waals surface area contributed by atoms with Crippen molar-refractivity contribution in [2.24, 2.45) is 5.92 Å². The molecular weight excluding hydrogens is 290 g/mol. The number of rotatable bonds is 9. The number of hydrogen-bond donors (Lipinski definition) is 1. The molecule has 0 aliphatic heterocycles. The van der Waals surface area contributed by atoms with Crippen molar-refractivity contribution in [3.05, 3.63) is 53.6 Å². The van der Waals surface area contributed by atoms with Gasteiger partial charge in [-0.15, -0.1) is 6.58 Å². The topological polar surface area (TPSA) is 12.0 Å². The molecule has 1 aliphatic rings. The maximum atomic E-state index is 3.87. The summed E-state index contributed by atoms with van der Waals surface area (Å²) in [5, 5.41) is 3.73. The molecule has 1 aliphatic carbocycles. The molecule has 1 N–H and O–H groups in total. The first-order valence-electron chi connectivity index (χ1n) is 9.79. The zero-order valence-electron chi connectivity index (χ0n) is 15.9. The van der Waals surface area contributed by atoms with Gasteiger partial charge in [0.25, 0.3) is 0 Å². The Kier molecular flexibility index (Phi) is 7.78. The summed E-state index contributed by atoms with van der Waals surface area (Å²) >= 11 is 0. The lowest BCUT2D eigenvalue weighted by Crippen LogP contribution is -2.24. The minimum atomic E-state index is 0.438. The van der Waals surface area contributed by atoms with Gasteiger partial charge in [-0.2, -0.15) is 0 Å². The molecule has 1 nitrogen and oxygen atoms in total. The second-order valence-electron chi connectivity index (χ2n) is 7.34. The van der Waals surface area contributed by atoms with Crippen LogP contribution in [-0.2, 0) is 0 Å². The predicted octanol–water partition coefficient (Wildman–Crippen LogP) is 6.68. The van der Waals surface area contributed by atoms with Gasteiger partial charge in [-0.25, -0.2) is 0 Å². The van der Waals surface area contributed by atoms with Crippen molar-refractivity contribution in [3.63, 3.8) is 0 Å². The number of hydrogen-bond acceptors (Lipinski definition) is 1. The molecule has 0 amide bonds. The van der Waals surface area contributed by atoms with E-state index in [4.69, 9.17) is 0 Å². The third-order valence-electron chi connectivity index (χ3n) is 5.59. The Morgan fingerprint density at radius 3 is 2.50 bits per heavy atom. The number of benzene rings is 1. The van der Waals surface area contributed by atoms with Crippen molar-refractivity contribution in [1.82, 2.24) is 5.32 Å². The summed E-state index contributed by atoms with van der Waals surface area (Å²) in [7, 11) is 0. The Morgan fingerprint density at radius 2 is 1.92 bits per heavy atom. The molecule has 2 rings (SSSR count). The smallest absolute Gasteiger partial charge is 0.0291 e. The lowest BCUT2D eigenvalue weighted by Gasteiger charge is -2.18. The fraction of sp³-hybridized carbons (Fsp3) is 0.565. The Bertz CT molecular complexity index is 532. The van der Waals surface area contributed by atoms with Crippen LogP contribution in [0, 0.1) is 5.92 Å². The largest absolute Gasteiger partial charge is 0.310 e. The van der Waals surface area contributed by atoms with E-state index in [9.17, 15) is 0 Å². The van der Waals surface area contributed by atoms with Gasteiger partial charge in [0.2, 0.25) is 0 Å². The van der Waals surface area contributed by atoms with E-state index in [0.717, 1.165) is 25.2 Å². The van der Waals surface area contributed by atoms with Gasteiger partial charge >= 0.3 is 0 Å². The summed E-state index contributed by atoms with van der Waals surface area (Å²) in [6.07, 6.45) is 10.9. The van der Waals surface area contributed by atoms with Crippen LogP contribution in [0.25, 0.3) is 5.57 Å². The van der Waals surface area contributed by atoms with Gasteiger partial charge in [0.05, 0.1) is 0 Å². The van der Waals surface area contributed by atoms with E-state index in [1.807, 2.05) is 6.08 Å². The monoisotopic (exact) mass is 325 g/mol. The standard InChI is InChI=1S/C23H35N/c1-5-7-12-23(18(3)6-2)22-15-13-21(14-16-22)19(4)24-17-20-10-8-9-11-20/h5,13-16,19-20,24H,1,6-12,17H2,2-4H3/b23-18+. The van der Waals surface area contributed by atoms with Crippen LogP contribution in [0.2, 0.25) is 0 Å². The van der Waals surface area contributed by atoms with Crippen molar-refractivity contribution in [3.8, 4) is 0 Å².